The molecule has 0 aromatic heterocycles. The fourth-order valence-electron chi connectivity index (χ4n) is 4.10. The number of cyclic esters (lactones) is 1. The lowest BCUT2D eigenvalue weighted by atomic mass is 9.99. The van der Waals surface area contributed by atoms with Crippen LogP contribution in [0.2, 0.25) is 0 Å². The van der Waals surface area contributed by atoms with Gasteiger partial charge in [0, 0.05) is 25.2 Å². The highest BCUT2D eigenvalue weighted by atomic mass is 16.6. The lowest BCUT2D eigenvalue weighted by Gasteiger charge is -2.33. The van der Waals surface area contributed by atoms with E-state index >= 15 is 0 Å². The molecule has 2 atom stereocenters. The number of aryl methyl sites for hydroxylation is 1. The highest BCUT2D eigenvalue weighted by molar-refractivity contribution is 5.91. The number of ether oxygens (including phenoxy) is 2. The Kier molecular flexibility index (Phi) is 6.93. The van der Waals surface area contributed by atoms with Crippen LogP contribution in [-0.2, 0) is 25.6 Å². The van der Waals surface area contributed by atoms with Crippen LogP contribution < -0.4 is 5.32 Å². The molecule has 2 aliphatic rings. The molecule has 0 spiro atoms. The number of hydrogen-bond donors (Lipinski definition) is 1. The summed E-state index contributed by atoms with van der Waals surface area (Å²) in [5, 5.41) is 2.83. The number of anilines is 1. The van der Waals surface area contributed by atoms with E-state index in [1.54, 1.807) is 30.0 Å². The molecule has 2 aromatic carbocycles. The fourth-order valence-corrected chi connectivity index (χ4v) is 4.10. The van der Waals surface area contributed by atoms with Gasteiger partial charge in [0.05, 0.1) is 19.8 Å². The van der Waals surface area contributed by atoms with E-state index < -0.39 is 18.2 Å². The predicted octanol–water partition coefficient (Wildman–Crippen LogP) is 3.26. The molecule has 2 heterocycles. The van der Waals surface area contributed by atoms with Gasteiger partial charge in [0.15, 0.2) is 12.1 Å². The average Bonchev–Trinajstić information content (AvgIpc) is 3.16. The van der Waals surface area contributed by atoms with Gasteiger partial charge < -0.3 is 19.7 Å². The molecule has 2 fully saturated rings. The summed E-state index contributed by atoms with van der Waals surface area (Å²) in [6.07, 6.45) is -0.961. The van der Waals surface area contributed by atoms with E-state index in [1.807, 2.05) is 37.3 Å². The monoisotopic (exact) mass is 451 g/mol. The van der Waals surface area contributed by atoms with Gasteiger partial charge in [-0.3, -0.25) is 14.5 Å². The number of morpholine rings is 1. The normalized spacial score (nSPS) is 20.5. The van der Waals surface area contributed by atoms with Crippen LogP contribution in [-0.4, -0.2) is 60.1 Å². The van der Waals surface area contributed by atoms with E-state index in [0.717, 1.165) is 11.1 Å². The summed E-state index contributed by atoms with van der Waals surface area (Å²) in [4.78, 5) is 41.7. The van der Waals surface area contributed by atoms with Gasteiger partial charge in [-0.05, 0) is 30.2 Å². The predicted molar refractivity (Wildman–Crippen MR) is 122 cm³/mol. The second kappa shape index (κ2) is 10.0. The van der Waals surface area contributed by atoms with Crippen LogP contribution in [0.4, 0.5) is 10.5 Å². The summed E-state index contributed by atoms with van der Waals surface area (Å²) in [5.41, 5.74) is 3.30. The average molecular weight is 452 g/mol. The summed E-state index contributed by atoms with van der Waals surface area (Å²) in [7, 11) is 0. The quantitative estimate of drug-likeness (QED) is 0.728. The molecule has 8 nitrogen and oxygen atoms in total. The molecule has 2 aliphatic heterocycles. The number of hydrogen-bond acceptors (Lipinski definition) is 5. The summed E-state index contributed by atoms with van der Waals surface area (Å²) < 4.78 is 11.2. The van der Waals surface area contributed by atoms with Crippen molar-refractivity contribution in [3.63, 3.8) is 0 Å². The standard InChI is InChI=1S/C25H29N3O5/c1-3-21(29)26-20-6-4-5-19(15-20)23-22(24(30)27-11-13-32-14-12-27)28(25(31)33-23)16-18-9-7-17(2)8-10-18/h4-10,15,22-23H,3,11-14,16H2,1-2H3,(H,26,29)/t22-,23-/m1/s1. The van der Waals surface area contributed by atoms with E-state index in [9.17, 15) is 14.4 Å². The van der Waals surface area contributed by atoms with Crippen molar-refractivity contribution in [3.8, 4) is 0 Å². The van der Waals surface area contributed by atoms with Crippen LogP contribution in [0.25, 0.3) is 0 Å². The van der Waals surface area contributed by atoms with Gasteiger partial charge in [-0.2, -0.15) is 0 Å². The molecule has 0 bridgehead atoms. The topological polar surface area (TPSA) is 88.2 Å². The Hall–Kier alpha value is -3.39. The molecule has 2 aromatic rings. The van der Waals surface area contributed by atoms with Crippen molar-refractivity contribution in [2.24, 2.45) is 0 Å². The minimum absolute atomic E-state index is 0.113. The van der Waals surface area contributed by atoms with Crippen molar-refractivity contribution in [2.45, 2.75) is 39.0 Å². The SMILES string of the molecule is CCC(=O)Nc1cccc([C@H]2OC(=O)N(Cc3ccc(C)cc3)[C@H]2C(=O)N2CCOCC2)c1. The molecule has 0 radical (unpaired) electrons. The maximum atomic E-state index is 13.6. The molecule has 4 rings (SSSR count). The number of carbonyl (C=O) groups excluding carboxylic acids is 3. The van der Waals surface area contributed by atoms with Gasteiger partial charge in [-0.1, -0.05) is 48.9 Å². The molecular weight excluding hydrogens is 422 g/mol. The smallest absolute Gasteiger partial charge is 0.411 e. The summed E-state index contributed by atoms with van der Waals surface area (Å²) in [5.74, 6) is -0.276. The largest absolute Gasteiger partial charge is 0.438 e. The van der Waals surface area contributed by atoms with Crippen molar-refractivity contribution in [3.05, 3.63) is 65.2 Å². The molecule has 2 saturated heterocycles. The van der Waals surface area contributed by atoms with Crippen molar-refractivity contribution >= 4 is 23.6 Å². The third-order valence-corrected chi connectivity index (χ3v) is 5.95. The second-order valence-electron chi connectivity index (χ2n) is 8.33. The lowest BCUT2D eigenvalue weighted by Crippen LogP contribution is -2.51. The van der Waals surface area contributed by atoms with E-state index in [2.05, 4.69) is 5.32 Å². The van der Waals surface area contributed by atoms with Crippen LogP contribution in [0.15, 0.2) is 48.5 Å². The molecule has 0 aliphatic carbocycles. The zero-order chi connectivity index (χ0) is 23.4. The van der Waals surface area contributed by atoms with E-state index in [4.69, 9.17) is 9.47 Å². The molecule has 174 valence electrons. The fraction of sp³-hybridized carbons (Fsp3) is 0.400. The van der Waals surface area contributed by atoms with E-state index in [-0.39, 0.29) is 18.4 Å². The molecule has 0 unspecified atom stereocenters. The van der Waals surface area contributed by atoms with Gasteiger partial charge in [0.25, 0.3) is 0 Å². The summed E-state index contributed by atoms with van der Waals surface area (Å²) >= 11 is 0. The molecular formula is C25H29N3O5. The first-order chi connectivity index (χ1) is 16.0. The Morgan fingerprint density at radius 2 is 1.82 bits per heavy atom. The Bertz CT molecular complexity index is 1020. The Morgan fingerprint density at radius 3 is 2.52 bits per heavy atom. The number of amides is 3. The second-order valence-corrected chi connectivity index (χ2v) is 8.33. The van der Waals surface area contributed by atoms with Crippen molar-refractivity contribution < 1.29 is 23.9 Å². The molecule has 0 saturated carbocycles. The first kappa shape index (κ1) is 22.8. The molecule has 3 amide bonds. The highest BCUT2D eigenvalue weighted by Gasteiger charge is 2.48. The number of nitrogens with zero attached hydrogens (tertiary/aromatic N) is 2. The summed E-state index contributed by atoms with van der Waals surface area (Å²) in [6.45, 7) is 5.92. The van der Waals surface area contributed by atoms with Crippen molar-refractivity contribution in [2.75, 3.05) is 31.6 Å². The van der Waals surface area contributed by atoms with Crippen LogP contribution >= 0.6 is 0 Å². The minimum atomic E-state index is -0.811. The van der Waals surface area contributed by atoms with Gasteiger partial charge in [0.1, 0.15) is 0 Å². The van der Waals surface area contributed by atoms with Crippen LogP contribution in [0.1, 0.15) is 36.1 Å². The third-order valence-electron chi connectivity index (χ3n) is 5.95. The first-order valence-electron chi connectivity index (χ1n) is 11.3. The molecule has 8 heteroatoms. The van der Waals surface area contributed by atoms with Crippen molar-refractivity contribution in [1.29, 1.82) is 0 Å². The van der Waals surface area contributed by atoms with Crippen LogP contribution in [0.3, 0.4) is 0 Å². The zero-order valence-corrected chi connectivity index (χ0v) is 19.0. The maximum absolute atomic E-state index is 13.6. The highest BCUT2D eigenvalue weighted by Crippen LogP contribution is 2.36. The zero-order valence-electron chi connectivity index (χ0n) is 19.0. The third kappa shape index (κ3) is 5.17. The van der Waals surface area contributed by atoms with Crippen LogP contribution in [0, 0.1) is 6.92 Å². The van der Waals surface area contributed by atoms with E-state index in [0.29, 0.717) is 44.0 Å². The van der Waals surface area contributed by atoms with Crippen LogP contribution in [0.5, 0.6) is 0 Å². The van der Waals surface area contributed by atoms with Gasteiger partial charge >= 0.3 is 6.09 Å². The van der Waals surface area contributed by atoms with E-state index in [1.165, 1.54) is 4.90 Å². The minimum Gasteiger partial charge on any atom is -0.438 e. The van der Waals surface area contributed by atoms with Gasteiger partial charge in [-0.25, -0.2) is 4.79 Å². The summed E-state index contributed by atoms with van der Waals surface area (Å²) in [6, 6.07) is 14.2. The maximum Gasteiger partial charge on any atom is 0.411 e. The Labute approximate surface area is 193 Å². The Balaban J connectivity index is 1.65. The first-order valence-corrected chi connectivity index (χ1v) is 11.3. The Morgan fingerprint density at radius 1 is 1.09 bits per heavy atom. The molecule has 1 N–H and O–H groups in total. The molecule has 33 heavy (non-hydrogen) atoms. The van der Waals surface area contributed by atoms with Gasteiger partial charge in [-0.15, -0.1) is 0 Å². The van der Waals surface area contributed by atoms with Crippen molar-refractivity contribution in [1.82, 2.24) is 9.80 Å². The number of rotatable bonds is 6. The number of nitrogens with one attached hydrogen (secondary N) is 1. The lowest BCUT2D eigenvalue weighted by molar-refractivity contribution is -0.141. The number of carbonyl (C=O) groups is 3. The number of benzene rings is 2. The van der Waals surface area contributed by atoms with Gasteiger partial charge in [0.2, 0.25) is 11.8 Å².